The second-order valence-corrected chi connectivity index (χ2v) is 3.93. The number of hydrogen-bond donors (Lipinski definition) is 3. The van der Waals surface area contributed by atoms with Crippen molar-refractivity contribution in [2.45, 2.75) is 6.61 Å². The zero-order chi connectivity index (χ0) is 12.4. The first-order valence-corrected chi connectivity index (χ1v) is 5.30. The number of halogens is 1. The second-order valence-electron chi connectivity index (χ2n) is 3.52. The zero-order valence-corrected chi connectivity index (χ0v) is 9.94. The number of rotatable bonds is 3. The van der Waals surface area contributed by atoms with Crippen molar-refractivity contribution >= 4 is 28.9 Å². The molecule has 0 aliphatic rings. The van der Waals surface area contributed by atoms with Crippen molar-refractivity contribution in [3.63, 3.8) is 0 Å². The smallest absolute Gasteiger partial charge is 0.133 e. The highest BCUT2D eigenvalue weighted by Crippen LogP contribution is 2.22. The topological polar surface area (TPSA) is 89.0 Å². The predicted molar refractivity (Wildman–Crippen MR) is 66.1 cm³/mol. The maximum absolute atomic E-state index is 8.97. The molecule has 0 aliphatic heterocycles. The first kappa shape index (κ1) is 11.7. The highest BCUT2D eigenvalue weighted by Gasteiger charge is 2.06. The fourth-order valence-electron chi connectivity index (χ4n) is 1.37. The molecule has 0 saturated heterocycles. The molecule has 4 N–H and O–H groups in total. The molecule has 2 heterocycles. The highest BCUT2D eigenvalue weighted by atomic mass is 35.5. The van der Waals surface area contributed by atoms with Crippen LogP contribution in [-0.2, 0) is 13.7 Å². The first-order chi connectivity index (χ1) is 8.10. The molecule has 0 saturated carbocycles. The lowest BCUT2D eigenvalue weighted by atomic mass is 10.4. The van der Waals surface area contributed by atoms with Gasteiger partial charge in [0.25, 0.3) is 0 Å². The summed E-state index contributed by atoms with van der Waals surface area (Å²) in [5, 5.41) is 16.5. The Kier molecular flexibility index (Phi) is 3.16. The third kappa shape index (κ3) is 2.48. The van der Waals surface area contributed by atoms with Gasteiger partial charge in [-0.2, -0.15) is 5.10 Å². The number of nitrogens with one attached hydrogen (secondary N) is 1. The van der Waals surface area contributed by atoms with Gasteiger partial charge in [0, 0.05) is 25.4 Å². The Morgan fingerprint density at radius 2 is 2.29 bits per heavy atom. The summed E-state index contributed by atoms with van der Waals surface area (Å²) in [5.41, 5.74) is 6.70. The summed E-state index contributed by atoms with van der Waals surface area (Å²) in [7, 11) is 1.76. The molecule has 0 amide bonds. The van der Waals surface area contributed by atoms with Crippen LogP contribution in [0.2, 0.25) is 5.02 Å². The van der Waals surface area contributed by atoms with Crippen LogP contribution in [0.15, 0.2) is 18.3 Å². The summed E-state index contributed by atoms with van der Waals surface area (Å²) in [6.45, 7) is -0.105. The Hall–Kier alpha value is -1.79. The molecule has 2 aromatic rings. The van der Waals surface area contributed by atoms with Crippen LogP contribution >= 0.6 is 11.6 Å². The van der Waals surface area contributed by atoms with E-state index in [9.17, 15) is 0 Å². The van der Waals surface area contributed by atoms with E-state index < -0.39 is 0 Å². The maximum atomic E-state index is 8.97. The lowest BCUT2D eigenvalue weighted by molar-refractivity contribution is 0.275. The van der Waals surface area contributed by atoms with Gasteiger partial charge in [-0.3, -0.25) is 4.68 Å². The number of anilines is 3. The molecule has 0 spiro atoms. The minimum Gasteiger partial charge on any atom is -0.397 e. The quantitative estimate of drug-likeness (QED) is 0.767. The normalized spacial score (nSPS) is 10.5. The van der Waals surface area contributed by atoms with E-state index in [1.165, 1.54) is 6.20 Å². The monoisotopic (exact) mass is 253 g/mol. The number of nitrogens with two attached hydrogens (primary N) is 1. The van der Waals surface area contributed by atoms with E-state index in [0.29, 0.717) is 28.0 Å². The van der Waals surface area contributed by atoms with Gasteiger partial charge in [0.1, 0.15) is 11.6 Å². The van der Waals surface area contributed by atoms with E-state index in [-0.39, 0.29) is 6.61 Å². The van der Waals surface area contributed by atoms with E-state index in [0.717, 1.165) is 0 Å². The Morgan fingerprint density at radius 3 is 2.88 bits per heavy atom. The molecule has 2 aromatic heterocycles. The summed E-state index contributed by atoms with van der Waals surface area (Å²) in [5.74, 6) is 1.28. The summed E-state index contributed by atoms with van der Waals surface area (Å²) in [4.78, 5) is 4.08. The van der Waals surface area contributed by atoms with Gasteiger partial charge in [-0.15, -0.1) is 0 Å². The Balaban J connectivity index is 2.24. The van der Waals surface area contributed by atoms with Crippen LogP contribution in [0.4, 0.5) is 17.3 Å². The molecule has 0 atom stereocenters. The van der Waals surface area contributed by atoms with Crippen molar-refractivity contribution in [1.29, 1.82) is 0 Å². The number of pyridine rings is 1. The Bertz CT molecular complexity index is 539. The van der Waals surface area contributed by atoms with Crippen molar-refractivity contribution in [3.8, 4) is 0 Å². The van der Waals surface area contributed by atoms with Crippen LogP contribution < -0.4 is 11.1 Å². The number of hydrogen-bond acceptors (Lipinski definition) is 5. The van der Waals surface area contributed by atoms with Gasteiger partial charge in [0.2, 0.25) is 0 Å². The fraction of sp³-hybridized carbons (Fsp3) is 0.200. The minimum absolute atomic E-state index is 0.105. The van der Waals surface area contributed by atoms with E-state index in [1.54, 1.807) is 23.9 Å². The van der Waals surface area contributed by atoms with Crippen molar-refractivity contribution in [1.82, 2.24) is 14.8 Å². The summed E-state index contributed by atoms with van der Waals surface area (Å²) >= 11 is 5.78. The average molecular weight is 254 g/mol. The number of aryl methyl sites for hydroxylation is 1. The first-order valence-electron chi connectivity index (χ1n) is 4.92. The van der Waals surface area contributed by atoms with Gasteiger partial charge >= 0.3 is 0 Å². The third-order valence-electron chi connectivity index (χ3n) is 2.23. The highest BCUT2D eigenvalue weighted by molar-refractivity contribution is 6.32. The Morgan fingerprint density at radius 1 is 1.53 bits per heavy atom. The van der Waals surface area contributed by atoms with Gasteiger partial charge in [0.15, 0.2) is 0 Å². The van der Waals surface area contributed by atoms with E-state index in [4.69, 9.17) is 22.4 Å². The van der Waals surface area contributed by atoms with Gasteiger partial charge in [-0.05, 0) is 0 Å². The van der Waals surface area contributed by atoms with E-state index in [1.807, 2.05) is 0 Å². The molecule has 6 nitrogen and oxygen atoms in total. The van der Waals surface area contributed by atoms with Crippen molar-refractivity contribution in [2.24, 2.45) is 7.05 Å². The van der Waals surface area contributed by atoms with E-state index >= 15 is 0 Å². The summed E-state index contributed by atoms with van der Waals surface area (Å²) in [6.07, 6.45) is 1.47. The number of aliphatic hydroxyl groups excluding tert-OH is 1. The second kappa shape index (κ2) is 4.60. The molecule has 0 fully saturated rings. The van der Waals surface area contributed by atoms with Crippen molar-refractivity contribution in [2.75, 3.05) is 11.1 Å². The molecule has 0 aliphatic carbocycles. The SMILES string of the molecule is Cn1nc(CO)cc1Nc1cc(N)c(Cl)cn1. The van der Waals surface area contributed by atoms with Gasteiger partial charge in [0.05, 0.1) is 23.0 Å². The molecular weight excluding hydrogens is 242 g/mol. The molecule has 7 heteroatoms. The van der Waals surface area contributed by atoms with Crippen LogP contribution in [0.3, 0.4) is 0 Å². The number of nitrogen functional groups attached to an aromatic ring is 1. The van der Waals surface area contributed by atoms with Crippen molar-refractivity contribution in [3.05, 3.63) is 29.0 Å². The third-order valence-corrected chi connectivity index (χ3v) is 2.55. The molecule has 0 radical (unpaired) electrons. The maximum Gasteiger partial charge on any atom is 0.133 e. The summed E-state index contributed by atoms with van der Waals surface area (Å²) in [6, 6.07) is 3.36. The molecular formula is C10H12ClN5O. The minimum atomic E-state index is -0.105. The number of nitrogens with zero attached hydrogens (tertiary/aromatic N) is 3. The Labute approximate surface area is 103 Å². The van der Waals surface area contributed by atoms with Crippen LogP contribution in [0.25, 0.3) is 0 Å². The fourth-order valence-corrected chi connectivity index (χ4v) is 1.48. The molecule has 2 rings (SSSR count). The molecule has 0 bridgehead atoms. The van der Waals surface area contributed by atoms with Crippen molar-refractivity contribution < 1.29 is 5.11 Å². The largest absolute Gasteiger partial charge is 0.397 e. The van der Waals surface area contributed by atoms with Crippen LogP contribution in [-0.4, -0.2) is 19.9 Å². The lowest BCUT2D eigenvalue weighted by Crippen LogP contribution is -2.01. The van der Waals surface area contributed by atoms with Crippen LogP contribution in [0.1, 0.15) is 5.69 Å². The molecule has 90 valence electrons. The van der Waals surface area contributed by atoms with Gasteiger partial charge < -0.3 is 16.2 Å². The summed E-state index contributed by atoms with van der Waals surface area (Å²) < 4.78 is 1.61. The lowest BCUT2D eigenvalue weighted by Gasteiger charge is -2.06. The van der Waals surface area contributed by atoms with Gasteiger partial charge in [-0.25, -0.2) is 4.98 Å². The molecule has 0 aromatic carbocycles. The van der Waals surface area contributed by atoms with Crippen LogP contribution in [0.5, 0.6) is 0 Å². The zero-order valence-electron chi connectivity index (χ0n) is 9.18. The standard InChI is InChI=1S/C10H12ClN5O/c1-16-10(2-6(5-17)15-16)14-9-3-8(12)7(11)4-13-9/h2-4,17H,5H2,1H3,(H3,12,13,14). The molecule has 0 unspecified atom stereocenters. The average Bonchev–Trinajstić information content (AvgIpc) is 2.65. The van der Waals surface area contributed by atoms with Gasteiger partial charge in [-0.1, -0.05) is 11.6 Å². The number of aliphatic hydroxyl groups is 1. The molecule has 17 heavy (non-hydrogen) atoms. The van der Waals surface area contributed by atoms with E-state index in [2.05, 4.69) is 15.4 Å². The number of aromatic nitrogens is 3. The van der Waals surface area contributed by atoms with Crippen LogP contribution in [0, 0.1) is 0 Å². The predicted octanol–water partition coefficient (Wildman–Crippen LogP) is 1.29.